The van der Waals surface area contributed by atoms with Gasteiger partial charge in [-0.05, 0) is 31.2 Å². The quantitative estimate of drug-likeness (QED) is 0.600. The number of hydrogen-bond donors (Lipinski definition) is 2. The average molecular weight is 274 g/mol. The van der Waals surface area contributed by atoms with Crippen LogP contribution in [0.4, 0.5) is 0 Å². The number of rotatable bonds is 10. The molecule has 0 aliphatic carbocycles. The van der Waals surface area contributed by atoms with Crippen molar-refractivity contribution in [2.24, 2.45) is 23.5 Å². The summed E-state index contributed by atoms with van der Waals surface area (Å²) in [6.45, 7) is 12.8. The topological polar surface area (TPSA) is 56.5 Å². The summed E-state index contributed by atoms with van der Waals surface area (Å²) >= 11 is 0. The van der Waals surface area contributed by atoms with Crippen molar-refractivity contribution in [3.63, 3.8) is 0 Å². The molecule has 116 valence electrons. The van der Waals surface area contributed by atoms with Crippen molar-refractivity contribution in [1.82, 2.24) is 5.32 Å². The molecule has 0 aliphatic heterocycles. The molecular formula is C15H34N2O2. The molecule has 4 heteroatoms. The van der Waals surface area contributed by atoms with Gasteiger partial charge in [-0.15, -0.1) is 0 Å². The Balaban J connectivity index is 4.52. The molecule has 0 saturated heterocycles. The summed E-state index contributed by atoms with van der Waals surface area (Å²) in [5.74, 6) is 1.97. The molecular weight excluding hydrogens is 240 g/mol. The zero-order valence-electron chi connectivity index (χ0n) is 13.8. The van der Waals surface area contributed by atoms with E-state index < -0.39 is 0 Å². The Morgan fingerprint density at radius 2 is 1.53 bits per heavy atom. The molecule has 0 aromatic carbocycles. The summed E-state index contributed by atoms with van der Waals surface area (Å²) in [7, 11) is 3.33. The van der Waals surface area contributed by atoms with Gasteiger partial charge >= 0.3 is 0 Å². The first-order valence-corrected chi connectivity index (χ1v) is 7.30. The van der Waals surface area contributed by atoms with E-state index in [0.29, 0.717) is 24.3 Å². The van der Waals surface area contributed by atoms with Crippen LogP contribution in [-0.4, -0.2) is 39.1 Å². The van der Waals surface area contributed by atoms with Crippen LogP contribution < -0.4 is 11.1 Å². The largest absolute Gasteiger partial charge is 0.356 e. The number of nitrogens with one attached hydrogen (secondary N) is 1. The van der Waals surface area contributed by atoms with Crippen molar-refractivity contribution < 1.29 is 9.47 Å². The summed E-state index contributed by atoms with van der Waals surface area (Å²) in [5.41, 5.74) is 5.78. The third kappa shape index (κ3) is 6.70. The van der Waals surface area contributed by atoms with E-state index >= 15 is 0 Å². The van der Waals surface area contributed by atoms with Gasteiger partial charge < -0.3 is 20.5 Å². The molecule has 0 spiro atoms. The highest BCUT2D eigenvalue weighted by atomic mass is 16.7. The SMILES string of the molecule is COC(CC(C)(CN)NCC(C(C)C)C(C)C)OC. The molecule has 0 amide bonds. The predicted octanol–water partition coefficient (Wildman–Crippen LogP) is 2.23. The lowest BCUT2D eigenvalue weighted by Gasteiger charge is -2.35. The molecule has 1 atom stereocenters. The number of ether oxygens (including phenoxy) is 2. The van der Waals surface area contributed by atoms with Crippen LogP contribution in [0.5, 0.6) is 0 Å². The maximum Gasteiger partial charge on any atom is 0.158 e. The van der Waals surface area contributed by atoms with Gasteiger partial charge in [0.05, 0.1) is 0 Å². The van der Waals surface area contributed by atoms with Gasteiger partial charge in [-0.1, -0.05) is 27.7 Å². The van der Waals surface area contributed by atoms with E-state index in [2.05, 4.69) is 39.9 Å². The average Bonchev–Trinajstić information content (AvgIpc) is 2.35. The van der Waals surface area contributed by atoms with Crippen molar-refractivity contribution in [3.05, 3.63) is 0 Å². The molecule has 0 fully saturated rings. The molecule has 1 unspecified atom stereocenters. The van der Waals surface area contributed by atoms with Gasteiger partial charge in [-0.3, -0.25) is 0 Å². The second-order valence-electron chi connectivity index (χ2n) is 6.40. The Morgan fingerprint density at radius 3 is 1.84 bits per heavy atom. The zero-order chi connectivity index (χ0) is 15.1. The van der Waals surface area contributed by atoms with Crippen LogP contribution in [0.1, 0.15) is 41.0 Å². The number of nitrogens with two attached hydrogens (primary N) is 1. The monoisotopic (exact) mass is 274 g/mol. The number of methoxy groups -OCH3 is 2. The van der Waals surface area contributed by atoms with E-state index in [1.165, 1.54) is 0 Å². The van der Waals surface area contributed by atoms with Gasteiger partial charge in [0, 0.05) is 32.7 Å². The van der Waals surface area contributed by atoms with Crippen molar-refractivity contribution in [1.29, 1.82) is 0 Å². The predicted molar refractivity (Wildman–Crippen MR) is 81.1 cm³/mol. The first-order chi connectivity index (χ1) is 8.79. The Labute approximate surface area is 119 Å². The van der Waals surface area contributed by atoms with Crippen LogP contribution in [0, 0.1) is 17.8 Å². The summed E-state index contributed by atoms with van der Waals surface area (Å²) < 4.78 is 10.6. The molecule has 0 rings (SSSR count). The number of hydrogen-bond acceptors (Lipinski definition) is 4. The van der Waals surface area contributed by atoms with Gasteiger partial charge in [-0.25, -0.2) is 0 Å². The van der Waals surface area contributed by atoms with E-state index in [4.69, 9.17) is 15.2 Å². The minimum absolute atomic E-state index is 0.154. The second-order valence-corrected chi connectivity index (χ2v) is 6.40. The lowest BCUT2D eigenvalue weighted by atomic mass is 9.84. The maximum absolute atomic E-state index is 5.93. The zero-order valence-corrected chi connectivity index (χ0v) is 13.8. The van der Waals surface area contributed by atoms with E-state index in [1.54, 1.807) is 14.2 Å². The van der Waals surface area contributed by atoms with Crippen LogP contribution in [-0.2, 0) is 9.47 Å². The summed E-state index contributed by atoms with van der Waals surface area (Å²) in [6, 6.07) is 0. The van der Waals surface area contributed by atoms with E-state index in [0.717, 1.165) is 13.0 Å². The van der Waals surface area contributed by atoms with Gasteiger partial charge in [0.25, 0.3) is 0 Å². The Morgan fingerprint density at radius 1 is 1.05 bits per heavy atom. The molecule has 0 bridgehead atoms. The van der Waals surface area contributed by atoms with Crippen LogP contribution in [0.15, 0.2) is 0 Å². The van der Waals surface area contributed by atoms with Crippen LogP contribution in [0.3, 0.4) is 0 Å². The second kappa shape index (κ2) is 8.90. The Kier molecular flexibility index (Phi) is 8.83. The summed E-state index contributed by atoms with van der Waals surface area (Å²) in [6.07, 6.45) is 0.539. The van der Waals surface area contributed by atoms with Crippen LogP contribution in [0.2, 0.25) is 0 Å². The summed E-state index contributed by atoms with van der Waals surface area (Å²) in [5, 5.41) is 3.62. The lowest BCUT2D eigenvalue weighted by molar-refractivity contribution is -0.117. The molecule has 0 aromatic rings. The van der Waals surface area contributed by atoms with Gasteiger partial charge in [-0.2, -0.15) is 0 Å². The Hall–Kier alpha value is -0.160. The van der Waals surface area contributed by atoms with Crippen molar-refractivity contribution in [3.8, 4) is 0 Å². The van der Waals surface area contributed by atoms with Crippen LogP contribution >= 0.6 is 0 Å². The lowest BCUT2D eigenvalue weighted by Crippen LogP contribution is -2.53. The molecule has 19 heavy (non-hydrogen) atoms. The van der Waals surface area contributed by atoms with Gasteiger partial charge in [0.15, 0.2) is 6.29 Å². The fourth-order valence-corrected chi connectivity index (χ4v) is 2.46. The minimum Gasteiger partial charge on any atom is -0.356 e. The third-order valence-electron chi connectivity index (χ3n) is 4.07. The van der Waals surface area contributed by atoms with Crippen molar-refractivity contribution in [2.45, 2.75) is 52.9 Å². The van der Waals surface area contributed by atoms with Gasteiger partial charge in [0.1, 0.15) is 0 Å². The first-order valence-electron chi connectivity index (χ1n) is 7.30. The molecule has 0 radical (unpaired) electrons. The van der Waals surface area contributed by atoms with Crippen molar-refractivity contribution >= 4 is 0 Å². The highest BCUT2D eigenvalue weighted by Gasteiger charge is 2.28. The molecule has 3 N–H and O–H groups in total. The van der Waals surface area contributed by atoms with Crippen LogP contribution in [0.25, 0.3) is 0 Å². The fourth-order valence-electron chi connectivity index (χ4n) is 2.46. The van der Waals surface area contributed by atoms with E-state index in [9.17, 15) is 0 Å². The fraction of sp³-hybridized carbons (Fsp3) is 1.00. The first kappa shape index (κ1) is 18.8. The van der Waals surface area contributed by atoms with E-state index in [-0.39, 0.29) is 11.8 Å². The standard InChI is InChI=1S/C15H34N2O2/c1-11(2)13(12(3)4)9-17-15(5,10-16)8-14(18-6)19-7/h11-14,17H,8-10,16H2,1-7H3. The third-order valence-corrected chi connectivity index (χ3v) is 4.07. The Bertz CT molecular complexity index is 222. The molecule has 0 aromatic heterocycles. The molecule has 0 saturated carbocycles. The molecule has 0 heterocycles. The smallest absolute Gasteiger partial charge is 0.158 e. The molecule has 0 aliphatic rings. The summed E-state index contributed by atoms with van der Waals surface area (Å²) in [4.78, 5) is 0. The minimum atomic E-state index is -0.211. The normalized spacial score (nSPS) is 15.8. The highest BCUT2D eigenvalue weighted by molar-refractivity contribution is 4.87. The van der Waals surface area contributed by atoms with Crippen molar-refractivity contribution in [2.75, 3.05) is 27.3 Å². The van der Waals surface area contributed by atoms with Gasteiger partial charge in [0.2, 0.25) is 0 Å². The maximum atomic E-state index is 5.93. The van der Waals surface area contributed by atoms with E-state index in [1.807, 2.05) is 0 Å². The highest BCUT2D eigenvalue weighted by Crippen LogP contribution is 2.21. The molecule has 4 nitrogen and oxygen atoms in total.